The molecule has 2 aromatic carbocycles. The number of anilines is 1. The first-order valence-corrected chi connectivity index (χ1v) is 9.72. The van der Waals surface area contributed by atoms with E-state index in [2.05, 4.69) is 57.3 Å². The maximum Gasteiger partial charge on any atom is 0.227 e. The molecule has 0 aromatic heterocycles. The molecule has 1 amide bonds. The molecule has 3 rings (SSSR count). The SMILES string of the molecule is Cc1cccc(CN2CCC(C(=O)Nc3ccc(Br)c(Cl)c3)CC2)c1. The molecular weight excluding hydrogens is 400 g/mol. The summed E-state index contributed by atoms with van der Waals surface area (Å²) in [5.74, 6) is 0.157. The van der Waals surface area contributed by atoms with Gasteiger partial charge in [0.05, 0.1) is 5.02 Å². The first-order chi connectivity index (χ1) is 12.0. The second-order valence-corrected chi connectivity index (χ2v) is 7.92. The van der Waals surface area contributed by atoms with Crippen molar-refractivity contribution >= 4 is 39.1 Å². The van der Waals surface area contributed by atoms with Crippen molar-refractivity contribution in [3.05, 3.63) is 63.1 Å². The summed E-state index contributed by atoms with van der Waals surface area (Å²) in [5, 5.41) is 3.59. The lowest BCUT2D eigenvalue weighted by molar-refractivity contribution is -0.121. The molecule has 1 N–H and O–H groups in total. The normalized spacial score (nSPS) is 16.0. The van der Waals surface area contributed by atoms with Gasteiger partial charge in [0.25, 0.3) is 0 Å². The maximum absolute atomic E-state index is 12.5. The zero-order valence-corrected chi connectivity index (χ0v) is 16.6. The summed E-state index contributed by atoms with van der Waals surface area (Å²) in [6.07, 6.45) is 1.78. The zero-order chi connectivity index (χ0) is 17.8. The molecular formula is C20H22BrClN2O. The van der Waals surface area contributed by atoms with Crippen molar-refractivity contribution in [2.24, 2.45) is 5.92 Å². The number of benzene rings is 2. The highest BCUT2D eigenvalue weighted by molar-refractivity contribution is 9.10. The van der Waals surface area contributed by atoms with Gasteiger partial charge < -0.3 is 5.32 Å². The Bertz CT molecular complexity index is 757. The van der Waals surface area contributed by atoms with Crippen LogP contribution in [-0.2, 0) is 11.3 Å². The number of hydrogen-bond donors (Lipinski definition) is 1. The molecule has 1 aliphatic rings. The number of nitrogens with one attached hydrogen (secondary N) is 1. The number of amides is 1. The number of carbonyl (C=O) groups is 1. The van der Waals surface area contributed by atoms with Crippen molar-refractivity contribution in [2.45, 2.75) is 26.3 Å². The smallest absolute Gasteiger partial charge is 0.227 e. The molecule has 0 saturated carbocycles. The van der Waals surface area contributed by atoms with Crippen LogP contribution in [0.4, 0.5) is 5.69 Å². The van der Waals surface area contributed by atoms with Gasteiger partial charge in [-0.1, -0.05) is 41.4 Å². The van der Waals surface area contributed by atoms with Crippen LogP contribution in [0.1, 0.15) is 24.0 Å². The topological polar surface area (TPSA) is 32.3 Å². The van der Waals surface area contributed by atoms with Crippen LogP contribution in [0.2, 0.25) is 5.02 Å². The van der Waals surface area contributed by atoms with Gasteiger partial charge >= 0.3 is 0 Å². The van der Waals surface area contributed by atoms with Crippen LogP contribution in [0.15, 0.2) is 46.9 Å². The van der Waals surface area contributed by atoms with Crippen LogP contribution in [0.5, 0.6) is 0 Å². The Balaban J connectivity index is 1.51. The molecule has 1 aliphatic heterocycles. The van der Waals surface area contributed by atoms with E-state index < -0.39 is 0 Å². The number of likely N-dealkylation sites (tertiary alicyclic amines) is 1. The molecule has 0 spiro atoms. The number of halogens is 2. The summed E-state index contributed by atoms with van der Waals surface area (Å²) in [7, 11) is 0. The molecule has 2 aromatic rings. The van der Waals surface area contributed by atoms with E-state index in [0.29, 0.717) is 5.02 Å². The summed E-state index contributed by atoms with van der Waals surface area (Å²) in [6, 6.07) is 14.1. The predicted octanol–water partition coefficient (Wildman–Crippen LogP) is 5.26. The van der Waals surface area contributed by atoms with E-state index in [1.807, 2.05) is 12.1 Å². The van der Waals surface area contributed by atoms with E-state index in [1.54, 1.807) is 6.07 Å². The number of rotatable bonds is 4. The molecule has 0 radical (unpaired) electrons. The van der Waals surface area contributed by atoms with Gasteiger partial charge in [-0.3, -0.25) is 9.69 Å². The zero-order valence-electron chi connectivity index (χ0n) is 14.3. The second-order valence-electron chi connectivity index (χ2n) is 6.66. The third kappa shape index (κ3) is 5.06. The molecule has 25 heavy (non-hydrogen) atoms. The monoisotopic (exact) mass is 420 g/mol. The molecule has 0 bridgehead atoms. The fourth-order valence-electron chi connectivity index (χ4n) is 3.24. The Morgan fingerprint density at radius 3 is 2.68 bits per heavy atom. The minimum atomic E-state index is 0.0659. The molecule has 1 fully saturated rings. The Morgan fingerprint density at radius 2 is 2.00 bits per heavy atom. The summed E-state index contributed by atoms with van der Waals surface area (Å²) in [5.41, 5.74) is 3.38. The van der Waals surface area contributed by atoms with Crippen LogP contribution < -0.4 is 5.32 Å². The number of nitrogens with zero attached hydrogens (tertiary/aromatic N) is 1. The fraction of sp³-hybridized carbons (Fsp3) is 0.350. The highest BCUT2D eigenvalue weighted by Crippen LogP contribution is 2.27. The number of carbonyl (C=O) groups excluding carboxylic acids is 1. The average molecular weight is 422 g/mol. The van der Waals surface area contributed by atoms with Crippen molar-refractivity contribution in [1.82, 2.24) is 4.90 Å². The van der Waals surface area contributed by atoms with E-state index in [1.165, 1.54) is 11.1 Å². The van der Waals surface area contributed by atoms with Crippen LogP contribution in [0.3, 0.4) is 0 Å². The average Bonchev–Trinajstić information content (AvgIpc) is 2.59. The second kappa shape index (κ2) is 8.35. The van der Waals surface area contributed by atoms with Crippen LogP contribution in [0, 0.1) is 12.8 Å². The standard InChI is InChI=1S/C20H22BrClN2O/c1-14-3-2-4-15(11-14)13-24-9-7-16(8-10-24)20(25)23-17-5-6-18(21)19(22)12-17/h2-6,11-12,16H,7-10,13H2,1H3,(H,23,25). The molecule has 3 nitrogen and oxygen atoms in total. The van der Waals surface area contributed by atoms with Crippen molar-refractivity contribution in [3.63, 3.8) is 0 Å². The van der Waals surface area contributed by atoms with E-state index >= 15 is 0 Å². The Hall–Kier alpha value is -1.36. The van der Waals surface area contributed by atoms with Crippen molar-refractivity contribution in [2.75, 3.05) is 18.4 Å². The van der Waals surface area contributed by atoms with Crippen molar-refractivity contribution in [1.29, 1.82) is 0 Å². The van der Waals surface area contributed by atoms with Gasteiger partial charge in [-0.25, -0.2) is 0 Å². The van der Waals surface area contributed by atoms with Gasteiger partial charge in [-0.05, 0) is 72.5 Å². The highest BCUT2D eigenvalue weighted by atomic mass is 79.9. The van der Waals surface area contributed by atoms with Crippen LogP contribution >= 0.6 is 27.5 Å². The van der Waals surface area contributed by atoms with Gasteiger partial charge in [0, 0.05) is 22.6 Å². The van der Waals surface area contributed by atoms with Crippen LogP contribution in [-0.4, -0.2) is 23.9 Å². The number of hydrogen-bond acceptors (Lipinski definition) is 2. The molecule has 1 heterocycles. The number of piperidine rings is 1. The molecule has 0 atom stereocenters. The van der Waals surface area contributed by atoms with Crippen molar-refractivity contribution in [3.8, 4) is 0 Å². The lowest BCUT2D eigenvalue weighted by Crippen LogP contribution is -2.37. The Labute approximate surface area is 162 Å². The number of aryl methyl sites for hydroxylation is 1. The van der Waals surface area contributed by atoms with E-state index in [0.717, 1.165) is 42.6 Å². The quantitative estimate of drug-likeness (QED) is 0.730. The van der Waals surface area contributed by atoms with Crippen LogP contribution in [0.25, 0.3) is 0 Å². The summed E-state index contributed by atoms with van der Waals surface area (Å²) in [6.45, 7) is 4.98. The van der Waals surface area contributed by atoms with E-state index in [9.17, 15) is 4.79 Å². The summed E-state index contributed by atoms with van der Waals surface area (Å²) >= 11 is 9.45. The van der Waals surface area contributed by atoms with E-state index in [-0.39, 0.29) is 11.8 Å². The summed E-state index contributed by atoms with van der Waals surface area (Å²) in [4.78, 5) is 14.9. The van der Waals surface area contributed by atoms with E-state index in [4.69, 9.17) is 11.6 Å². The largest absolute Gasteiger partial charge is 0.326 e. The van der Waals surface area contributed by atoms with Gasteiger partial charge in [0.2, 0.25) is 5.91 Å². The van der Waals surface area contributed by atoms with Gasteiger partial charge in [-0.15, -0.1) is 0 Å². The molecule has 132 valence electrons. The minimum absolute atomic E-state index is 0.0659. The Morgan fingerprint density at radius 1 is 1.24 bits per heavy atom. The highest BCUT2D eigenvalue weighted by Gasteiger charge is 2.25. The lowest BCUT2D eigenvalue weighted by Gasteiger charge is -2.31. The summed E-state index contributed by atoms with van der Waals surface area (Å²) < 4.78 is 0.830. The Kier molecular flexibility index (Phi) is 6.15. The molecule has 0 unspecified atom stereocenters. The third-order valence-electron chi connectivity index (χ3n) is 4.63. The molecule has 0 aliphatic carbocycles. The third-order valence-corrected chi connectivity index (χ3v) is 5.87. The first-order valence-electron chi connectivity index (χ1n) is 8.55. The minimum Gasteiger partial charge on any atom is -0.326 e. The first kappa shape index (κ1) is 18.4. The predicted molar refractivity (Wildman–Crippen MR) is 107 cm³/mol. The maximum atomic E-state index is 12.5. The molecule has 1 saturated heterocycles. The van der Waals surface area contributed by atoms with Gasteiger partial charge in [0.1, 0.15) is 0 Å². The lowest BCUT2D eigenvalue weighted by atomic mass is 9.95. The fourth-order valence-corrected chi connectivity index (χ4v) is 3.67. The van der Waals surface area contributed by atoms with Gasteiger partial charge in [0.15, 0.2) is 0 Å². The van der Waals surface area contributed by atoms with Crippen molar-refractivity contribution < 1.29 is 4.79 Å². The molecule has 5 heteroatoms. The van der Waals surface area contributed by atoms with Gasteiger partial charge in [-0.2, -0.15) is 0 Å².